The van der Waals surface area contributed by atoms with E-state index in [9.17, 15) is 8.42 Å². The summed E-state index contributed by atoms with van der Waals surface area (Å²) in [5, 5.41) is 0. The summed E-state index contributed by atoms with van der Waals surface area (Å²) < 4.78 is 32.7. The van der Waals surface area contributed by atoms with Gasteiger partial charge in [-0.2, -0.15) is 4.98 Å². The van der Waals surface area contributed by atoms with Crippen LogP contribution in [0, 0.1) is 13.8 Å². The first-order chi connectivity index (χ1) is 14.5. The molecule has 0 N–H and O–H groups in total. The Balaban J connectivity index is 1.90. The molecule has 1 heterocycles. The van der Waals surface area contributed by atoms with Crippen molar-refractivity contribution in [3.8, 4) is 23.0 Å². The van der Waals surface area contributed by atoms with Crippen LogP contribution in [-0.4, -0.2) is 18.4 Å². The highest BCUT2D eigenvalue weighted by atomic mass is 32.2. The molecule has 0 radical (unpaired) electrons. The third-order valence-corrected chi connectivity index (χ3v) is 6.46. The Morgan fingerprint density at radius 3 is 2.00 bits per heavy atom. The predicted octanol–water partition coefficient (Wildman–Crippen LogP) is 5.39. The van der Waals surface area contributed by atoms with Crippen molar-refractivity contribution in [2.45, 2.75) is 23.6 Å². The van der Waals surface area contributed by atoms with Crippen LogP contribution in [0.5, 0.6) is 11.6 Å². The smallest absolute Gasteiger partial charge is 0.242 e. The van der Waals surface area contributed by atoms with Gasteiger partial charge >= 0.3 is 0 Å². The lowest BCUT2D eigenvalue weighted by Crippen LogP contribution is -2.08. The highest BCUT2D eigenvalue weighted by Gasteiger charge is 2.26. The second-order valence-electron chi connectivity index (χ2n) is 6.87. The molecule has 0 aliphatic heterocycles. The summed E-state index contributed by atoms with van der Waals surface area (Å²) in [6.07, 6.45) is 1.32. The molecule has 0 aliphatic rings. The molecule has 0 saturated carbocycles. The van der Waals surface area contributed by atoms with E-state index in [0.717, 1.165) is 16.7 Å². The van der Waals surface area contributed by atoms with Crippen molar-refractivity contribution >= 4 is 9.84 Å². The van der Waals surface area contributed by atoms with Crippen LogP contribution in [0.2, 0.25) is 0 Å². The van der Waals surface area contributed by atoms with Crippen LogP contribution in [0.1, 0.15) is 11.1 Å². The Morgan fingerprint density at radius 1 is 0.767 bits per heavy atom. The first-order valence-electron chi connectivity index (χ1n) is 9.43. The number of hydrogen-bond acceptors (Lipinski definition) is 5. The summed E-state index contributed by atoms with van der Waals surface area (Å²) in [5.74, 6) is 0.980. The fraction of sp³-hybridized carbons (Fsp3) is 0.0833. The average molecular weight is 417 g/mol. The van der Waals surface area contributed by atoms with E-state index in [1.807, 2.05) is 62.4 Å². The molecule has 6 heteroatoms. The van der Waals surface area contributed by atoms with Crippen LogP contribution in [0.4, 0.5) is 0 Å². The number of hydrogen-bond donors (Lipinski definition) is 0. The first-order valence-corrected chi connectivity index (χ1v) is 10.9. The molecule has 0 bridgehead atoms. The van der Waals surface area contributed by atoms with Crippen LogP contribution in [0.15, 0.2) is 94.9 Å². The van der Waals surface area contributed by atoms with Crippen LogP contribution in [-0.2, 0) is 9.84 Å². The number of aryl methyl sites for hydroxylation is 2. The van der Waals surface area contributed by atoms with Gasteiger partial charge in [0.25, 0.3) is 0 Å². The molecule has 3 aromatic carbocycles. The standard InChI is InChI=1S/C24H20N2O3S/c1-17-10-9-11-18(2)22(17)29-24-21(30(27,28)20-14-7-4-8-15-20)16-25-23(26-24)19-12-5-3-6-13-19/h3-16H,1-2H3. The summed E-state index contributed by atoms with van der Waals surface area (Å²) in [6, 6.07) is 23.3. The average Bonchev–Trinajstić information content (AvgIpc) is 2.77. The molecule has 0 amide bonds. The lowest BCUT2D eigenvalue weighted by atomic mass is 10.1. The van der Waals surface area contributed by atoms with Gasteiger partial charge in [0.05, 0.1) is 11.1 Å². The Labute approximate surface area is 176 Å². The number of benzene rings is 3. The predicted molar refractivity (Wildman–Crippen MR) is 115 cm³/mol. The lowest BCUT2D eigenvalue weighted by Gasteiger charge is -2.15. The molecule has 4 aromatic rings. The molecule has 30 heavy (non-hydrogen) atoms. The molecule has 0 saturated heterocycles. The van der Waals surface area contributed by atoms with E-state index in [4.69, 9.17) is 4.74 Å². The highest BCUT2D eigenvalue weighted by molar-refractivity contribution is 7.91. The minimum Gasteiger partial charge on any atom is -0.437 e. The van der Waals surface area contributed by atoms with Crippen LogP contribution in [0.3, 0.4) is 0 Å². The molecule has 0 fully saturated rings. The van der Waals surface area contributed by atoms with Gasteiger partial charge in [-0.25, -0.2) is 13.4 Å². The molecule has 0 aliphatic carbocycles. The molecular weight excluding hydrogens is 396 g/mol. The van der Waals surface area contributed by atoms with Gasteiger partial charge in [0.2, 0.25) is 15.7 Å². The number of sulfone groups is 1. The Bertz CT molecular complexity index is 1270. The third kappa shape index (κ3) is 3.82. The molecule has 0 atom stereocenters. The van der Waals surface area contributed by atoms with Crippen molar-refractivity contribution < 1.29 is 13.2 Å². The summed E-state index contributed by atoms with van der Waals surface area (Å²) >= 11 is 0. The molecule has 1 aromatic heterocycles. The summed E-state index contributed by atoms with van der Waals surface area (Å²) in [7, 11) is -3.86. The normalized spacial score (nSPS) is 11.3. The lowest BCUT2D eigenvalue weighted by molar-refractivity contribution is 0.439. The van der Waals surface area contributed by atoms with Crippen molar-refractivity contribution in [2.24, 2.45) is 0 Å². The number of nitrogens with zero attached hydrogens (tertiary/aromatic N) is 2. The van der Waals surface area contributed by atoms with Gasteiger partial charge in [0.1, 0.15) is 5.75 Å². The maximum atomic E-state index is 13.3. The minimum atomic E-state index is -3.86. The Kier molecular flexibility index (Phi) is 5.33. The first kappa shape index (κ1) is 19.8. The molecule has 5 nitrogen and oxygen atoms in total. The number of para-hydroxylation sites is 1. The van der Waals surface area contributed by atoms with Gasteiger partial charge in [0.15, 0.2) is 10.7 Å². The molecule has 0 spiro atoms. The summed E-state index contributed by atoms with van der Waals surface area (Å²) in [5.41, 5.74) is 2.54. The zero-order valence-corrected chi connectivity index (χ0v) is 17.4. The van der Waals surface area contributed by atoms with E-state index >= 15 is 0 Å². The second kappa shape index (κ2) is 8.08. The monoisotopic (exact) mass is 416 g/mol. The van der Waals surface area contributed by atoms with Gasteiger partial charge in [-0.3, -0.25) is 0 Å². The largest absolute Gasteiger partial charge is 0.437 e. The van der Waals surface area contributed by atoms with Crippen molar-refractivity contribution in [1.82, 2.24) is 9.97 Å². The van der Waals surface area contributed by atoms with Gasteiger partial charge in [-0.1, -0.05) is 66.7 Å². The molecule has 150 valence electrons. The number of rotatable bonds is 5. The van der Waals surface area contributed by atoms with Crippen LogP contribution in [0.25, 0.3) is 11.4 Å². The highest BCUT2D eigenvalue weighted by Crippen LogP contribution is 2.34. The maximum Gasteiger partial charge on any atom is 0.242 e. The van der Waals surface area contributed by atoms with Gasteiger partial charge in [0, 0.05) is 5.56 Å². The van der Waals surface area contributed by atoms with E-state index < -0.39 is 9.84 Å². The summed E-state index contributed by atoms with van der Waals surface area (Å²) in [6.45, 7) is 3.82. The summed E-state index contributed by atoms with van der Waals surface area (Å²) in [4.78, 5) is 8.90. The maximum absolute atomic E-state index is 13.3. The Hall–Kier alpha value is -3.51. The topological polar surface area (TPSA) is 69.2 Å². The number of aromatic nitrogens is 2. The van der Waals surface area contributed by atoms with E-state index in [0.29, 0.717) is 11.6 Å². The second-order valence-corrected chi connectivity index (χ2v) is 8.79. The zero-order valence-electron chi connectivity index (χ0n) is 16.6. The van der Waals surface area contributed by atoms with Gasteiger partial charge < -0.3 is 4.74 Å². The van der Waals surface area contributed by atoms with E-state index in [1.54, 1.807) is 30.3 Å². The van der Waals surface area contributed by atoms with Crippen molar-refractivity contribution in [3.05, 3.63) is 96.2 Å². The molecule has 4 rings (SSSR count). The van der Waals surface area contributed by atoms with E-state index in [-0.39, 0.29) is 15.7 Å². The van der Waals surface area contributed by atoms with E-state index in [1.165, 1.54) is 6.20 Å². The molecule has 0 unspecified atom stereocenters. The van der Waals surface area contributed by atoms with Crippen molar-refractivity contribution in [2.75, 3.05) is 0 Å². The fourth-order valence-electron chi connectivity index (χ4n) is 3.12. The quantitative estimate of drug-likeness (QED) is 0.436. The van der Waals surface area contributed by atoms with E-state index in [2.05, 4.69) is 9.97 Å². The Morgan fingerprint density at radius 2 is 1.37 bits per heavy atom. The fourth-order valence-corrected chi connectivity index (χ4v) is 4.40. The van der Waals surface area contributed by atoms with Gasteiger partial charge in [-0.15, -0.1) is 0 Å². The van der Waals surface area contributed by atoms with Crippen LogP contribution < -0.4 is 4.74 Å². The zero-order chi connectivity index (χ0) is 21.1. The van der Waals surface area contributed by atoms with Crippen molar-refractivity contribution in [1.29, 1.82) is 0 Å². The van der Waals surface area contributed by atoms with Crippen molar-refractivity contribution in [3.63, 3.8) is 0 Å². The SMILES string of the molecule is Cc1cccc(C)c1Oc1nc(-c2ccccc2)ncc1S(=O)(=O)c1ccccc1. The minimum absolute atomic E-state index is 0.00473. The number of ether oxygens (including phenoxy) is 1. The van der Waals surface area contributed by atoms with Gasteiger partial charge in [-0.05, 0) is 37.1 Å². The van der Waals surface area contributed by atoms with Crippen LogP contribution >= 0.6 is 0 Å². The third-order valence-electron chi connectivity index (χ3n) is 4.70. The molecular formula is C24H20N2O3S.